The molecule has 0 amide bonds. The molecule has 0 saturated carbocycles. The molecule has 0 aromatic heterocycles. The van der Waals surface area contributed by atoms with E-state index in [1.165, 1.54) is 18.2 Å². The van der Waals surface area contributed by atoms with Gasteiger partial charge in [0.2, 0.25) is 10.0 Å². The van der Waals surface area contributed by atoms with Crippen LogP contribution < -0.4 is 9.47 Å². The summed E-state index contributed by atoms with van der Waals surface area (Å²) in [5.74, 6) is -1.24. The van der Waals surface area contributed by atoms with Gasteiger partial charge in [-0.2, -0.15) is 4.31 Å². The molecule has 51 heavy (non-hydrogen) atoms. The molecule has 0 N–H and O–H groups in total. The summed E-state index contributed by atoms with van der Waals surface area (Å²) < 4.78 is 49.8. The summed E-state index contributed by atoms with van der Waals surface area (Å²) in [5.41, 5.74) is 3.37. The molecule has 3 aromatic carbocycles. The fourth-order valence-corrected chi connectivity index (χ4v) is 8.96. The fourth-order valence-electron chi connectivity index (χ4n) is 6.68. The Bertz CT molecular complexity index is 1970. The highest BCUT2D eigenvalue weighted by atomic mass is 32.2. The van der Waals surface area contributed by atoms with E-state index in [1.807, 2.05) is 99.6 Å². The predicted molar refractivity (Wildman–Crippen MR) is 199 cm³/mol. The van der Waals surface area contributed by atoms with Crippen LogP contribution in [0.25, 0.3) is 11.1 Å². The molecule has 1 aliphatic rings. The van der Waals surface area contributed by atoms with Gasteiger partial charge in [-0.1, -0.05) is 80.0 Å². The van der Waals surface area contributed by atoms with Gasteiger partial charge in [0.15, 0.2) is 12.5 Å². The first-order valence-corrected chi connectivity index (χ1v) is 18.6. The third-order valence-electron chi connectivity index (χ3n) is 9.23. The first-order chi connectivity index (χ1) is 23.3. The van der Waals surface area contributed by atoms with Crippen LogP contribution in [0.15, 0.2) is 41.3 Å². The average Bonchev–Trinajstić information content (AvgIpc) is 3.42. The van der Waals surface area contributed by atoms with Crippen molar-refractivity contribution in [3.8, 4) is 22.6 Å². The summed E-state index contributed by atoms with van der Waals surface area (Å²) in [5, 5.41) is 0. The van der Waals surface area contributed by atoms with Gasteiger partial charge in [0.25, 0.3) is 0 Å². The van der Waals surface area contributed by atoms with Gasteiger partial charge in [-0.05, 0) is 83.5 Å². The third-order valence-corrected chi connectivity index (χ3v) is 11.4. The van der Waals surface area contributed by atoms with Crippen molar-refractivity contribution >= 4 is 28.2 Å². The molecule has 4 rings (SSSR count). The highest BCUT2D eigenvalue weighted by Gasteiger charge is 2.50. The number of ether oxygens (including phenoxy) is 3. The number of sulfonamides is 1. The first-order valence-electron chi connectivity index (χ1n) is 17.2. The molecule has 1 saturated heterocycles. The minimum absolute atomic E-state index is 0.00574. The van der Waals surface area contributed by atoms with Crippen molar-refractivity contribution in [1.29, 1.82) is 0 Å². The lowest BCUT2D eigenvalue weighted by Crippen LogP contribution is -2.45. The lowest BCUT2D eigenvalue weighted by atomic mass is 9.81. The van der Waals surface area contributed by atoms with E-state index in [4.69, 9.17) is 14.2 Å². The number of carbonyl (C=O) groups is 3. The van der Waals surface area contributed by atoms with Crippen molar-refractivity contribution in [1.82, 2.24) is 4.31 Å². The van der Waals surface area contributed by atoms with Crippen molar-refractivity contribution in [3.63, 3.8) is 0 Å². The van der Waals surface area contributed by atoms with E-state index in [2.05, 4.69) is 0 Å². The van der Waals surface area contributed by atoms with E-state index in [-0.39, 0.29) is 28.6 Å². The molecule has 1 aliphatic heterocycles. The fraction of sp³-hybridized carbons (Fsp3) is 0.488. The number of hydrogen-bond donors (Lipinski definition) is 0. The number of aryl methyl sites for hydroxylation is 3. The Balaban J connectivity index is 2.21. The summed E-state index contributed by atoms with van der Waals surface area (Å²) in [7, 11) is -4.23. The third kappa shape index (κ3) is 8.13. The number of carbonyl (C=O) groups excluding carboxylic acids is 3. The van der Waals surface area contributed by atoms with Gasteiger partial charge in [-0.3, -0.25) is 14.4 Å². The van der Waals surface area contributed by atoms with Crippen molar-refractivity contribution in [2.45, 2.75) is 125 Å². The van der Waals surface area contributed by atoms with E-state index >= 15 is 8.42 Å². The van der Waals surface area contributed by atoms with E-state index in [0.717, 1.165) is 16.7 Å². The molecule has 10 heteroatoms. The summed E-state index contributed by atoms with van der Waals surface area (Å²) in [6, 6.07) is 10.3. The van der Waals surface area contributed by atoms with Crippen molar-refractivity contribution in [3.05, 3.63) is 75.3 Å². The molecule has 1 heterocycles. The molecule has 0 aliphatic carbocycles. The number of nitrogens with zero attached hydrogens (tertiary/aromatic N) is 1. The Morgan fingerprint density at radius 2 is 1.24 bits per heavy atom. The molecule has 0 spiro atoms. The minimum Gasteiger partial charge on any atom is -0.426 e. The maximum absolute atomic E-state index is 15.1. The largest absolute Gasteiger partial charge is 0.426 e. The Morgan fingerprint density at radius 3 is 1.69 bits per heavy atom. The number of esters is 2. The molecule has 2 atom stereocenters. The zero-order valence-corrected chi connectivity index (χ0v) is 33.3. The van der Waals surface area contributed by atoms with Crippen molar-refractivity contribution in [2.24, 2.45) is 5.41 Å². The van der Waals surface area contributed by atoms with Crippen LogP contribution in [-0.2, 0) is 35.2 Å². The topological polar surface area (TPSA) is 116 Å². The molecule has 0 bridgehead atoms. The normalized spacial score (nSPS) is 17.4. The van der Waals surface area contributed by atoms with Crippen LogP contribution in [0.4, 0.5) is 0 Å². The second kappa shape index (κ2) is 13.9. The molecule has 276 valence electrons. The van der Waals surface area contributed by atoms with Gasteiger partial charge < -0.3 is 14.2 Å². The van der Waals surface area contributed by atoms with Gasteiger partial charge in [0, 0.05) is 30.5 Å². The maximum Gasteiger partial charge on any atom is 0.308 e. The lowest BCUT2D eigenvalue weighted by Gasteiger charge is -2.36. The first kappa shape index (κ1) is 39.9. The quantitative estimate of drug-likeness (QED) is 0.135. The summed E-state index contributed by atoms with van der Waals surface area (Å²) in [4.78, 5) is 38.2. The summed E-state index contributed by atoms with van der Waals surface area (Å²) >= 11 is 0. The van der Waals surface area contributed by atoms with Gasteiger partial charge in [-0.15, -0.1) is 0 Å². The molecular weight excluding hydrogens is 667 g/mol. The second-order valence-electron chi connectivity index (χ2n) is 16.8. The van der Waals surface area contributed by atoms with Gasteiger partial charge in [-0.25, -0.2) is 8.42 Å². The molecular formula is C41H53NO8S. The monoisotopic (exact) mass is 719 g/mol. The molecule has 1 fully saturated rings. The summed E-state index contributed by atoms with van der Waals surface area (Å²) in [6.07, 6.45) is -0.575. The zero-order valence-electron chi connectivity index (χ0n) is 32.5. The summed E-state index contributed by atoms with van der Waals surface area (Å²) in [6.45, 7) is 26.0. The Kier molecular flexibility index (Phi) is 10.9. The minimum atomic E-state index is -4.23. The second-order valence-corrected chi connectivity index (χ2v) is 18.6. The smallest absolute Gasteiger partial charge is 0.308 e. The standard InChI is InChI=1S/C41H53NO8S/c1-23-15-24(2)37(25(3)16-23)51(46,47)42-34(41(12,13)14)22-48-38(42)33-20-30(40(9,10)11)19-32(36(33)50-27(5)45)31-18-29(39(6,7)8)17-28(21-43)35(31)49-26(4)44/h15-21,34,38H,22H2,1-14H3/t34-,38+/m1/s1. The van der Waals surface area contributed by atoms with E-state index in [1.54, 1.807) is 19.9 Å². The van der Waals surface area contributed by atoms with Crippen LogP contribution >= 0.6 is 0 Å². The highest BCUT2D eigenvalue weighted by Crippen LogP contribution is 2.51. The molecule has 9 nitrogen and oxygen atoms in total. The van der Waals surface area contributed by atoms with E-state index < -0.39 is 50.5 Å². The van der Waals surface area contributed by atoms with Gasteiger partial charge in [0.05, 0.1) is 23.1 Å². The van der Waals surface area contributed by atoms with E-state index in [0.29, 0.717) is 34.1 Å². The van der Waals surface area contributed by atoms with Gasteiger partial charge in [0.1, 0.15) is 11.5 Å². The number of hydrogen-bond acceptors (Lipinski definition) is 8. The van der Waals surface area contributed by atoms with E-state index in [9.17, 15) is 14.4 Å². The van der Waals surface area contributed by atoms with Crippen LogP contribution in [0, 0.1) is 26.2 Å². The van der Waals surface area contributed by atoms with Crippen LogP contribution in [-0.4, -0.2) is 43.6 Å². The van der Waals surface area contributed by atoms with Crippen LogP contribution in [0.1, 0.15) is 126 Å². The molecule has 0 unspecified atom stereocenters. The van der Waals surface area contributed by atoms with Crippen LogP contribution in [0.3, 0.4) is 0 Å². The number of aldehydes is 1. The molecule has 0 radical (unpaired) electrons. The number of rotatable bonds is 7. The average molecular weight is 720 g/mol. The molecule has 3 aromatic rings. The number of benzene rings is 3. The SMILES string of the molecule is CC(=O)Oc1c(C=O)cc(C(C)(C)C)cc1-c1cc(C(C)(C)C)cc([C@@H]2OC[C@H](C(C)(C)C)N2S(=O)(=O)c2c(C)cc(C)cc2C)c1OC(C)=O. The lowest BCUT2D eigenvalue weighted by molar-refractivity contribution is -0.133. The Morgan fingerprint density at radius 1 is 0.765 bits per heavy atom. The Hall–Kier alpha value is -3.86. The van der Waals surface area contributed by atoms with Crippen molar-refractivity contribution < 1.29 is 37.0 Å². The van der Waals surface area contributed by atoms with Crippen molar-refractivity contribution in [2.75, 3.05) is 6.61 Å². The highest BCUT2D eigenvalue weighted by molar-refractivity contribution is 7.89. The van der Waals surface area contributed by atoms with Gasteiger partial charge >= 0.3 is 11.9 Å². The van der Waals surface area contributed by atoms with Crippen LogP contribution in [0.2, 0.25) is 0 Å². The Labute approximate surface area is 303 Å². The maximum atomic E-state index is 15.1. The predicted octanol–water partition coefficient (Wildman–Crippen LogP) is 8.67. The van der Waals surface area contributed by atoms with Crippen LogP contribution in [0.5, 0.6) is 11.5 Å². The zero-order chi connectivity index (χ0) is 38.6.